The fourth-order valence-electron chi connectivity index (χ4n) is 2.67. The molecule has 1 saturated carbocycles. The predicted octanol–water partition coefficient (Wildman–Crippen LogP) is 1.47. The Morgan fingerprint density at radius 1 is 1.45 bits per heavy atom. The summed E-state index contributed by atoms with van der Waals surface area (Å²) in [7, 11) is 1.58. The van der Waals surface area contributed by atoms with Gasteiger partial charge in [0, 0.05) is 24.7 Å². The van der Waals surface area contributed by atoms with Crippen LogP contribution in [-0.4, -0.2) is 24.5 Å². The molecule has 1 aromatic heterocycles. The van der Waals surface area contributed by atoms with Crippen molar-refractivity contribution >= 4 is 5.91 Å². The van der Waals surface area contributed by atoms with E-state index in [1.807, 2.05) is 12.1 Å². The topological polar surface area (TPSA) is 77.2 Å². The van der Waals surface area contributed by atoms with Gasteiger partial charge in [-0.1, -0.05) is 0 Å². The number of carbonyl (C=O) groups is 1. The summed E-state index contributed by atoms with van der Waals surface area (Å²) in [4.78, 5) is 16.2. The Morgan fingerprint density at radius 2 is 2.20 bits per heavy atom. The van der Waals surface area contributed by atoms with Crippen LogP contribution in [0.25, 0.3) is 0 Å². The van der Waals surface area contributed by atoms with Crippen LogP contribution in [0.3, 0.4) is 0 Å². The minimum atomic E-state index is 0.140. The first-order valence-corrected chi connectivity index (χ1v) is 7.19. The molecule has 0 unspecified atom stereocenters. The van der Waals surface area contributed by atoms with Crippen molar-refractivity contribution in [3.63, 3.8) is 0 Å². The van der Waals surface area contributed by atoms with Gasteiger partial charge in [0.2, 0.25) is 11.8 Å². The van der Waals surface area contributed by atoms with Gasteiger partial charge in [-0.05, 0) is 49.8 Å². The molecule has 0 bridgehead atoms. The number of pyridine rings is 1. The Balaban J connectivity index is 1.80. The summed E-state index contributed by atoms with van der Waals surface area (Å²) in [5.41, 5.74) is 6.67. The van der Waals surface area contributed by atoms with Crippen LogP contribution in [0.15, 0.2) is 18.3 Å². The van der Waals surface area contributed by atoms with Crippen LogP contribution in [-0.2, 0) is 11.3 Å². The number of nitrogens with two attached hydrogens (primary N) is 1. The number of hydrogen-bond donors (Lipinski definition) is 2. The van der Waals surface area contributed by atoms with Gasteiger partial charge in [0.15, 0.2) is 0 Å². The molecule has 0 saturated heterocycles. The van der Waals surface area contributed by atoms with Gasteiger partial charge in [0.25, 0.3) is 0 Å². The predicted molar refractivity (Wildman–Crippen MR) is 77.1 cm³/mol. The second-order valence-corrected chi connectivity index (χ2v) is 5.38. The van der Waals surface area contributed by atoms with Crippen LogP contribution in [0.1, 0.15) is 31.2 Å². The second kappa shape index (κ2) is 7.24. The maximum atomic E-state index is 12.1. The average Bonchev–Trinajstić information content (AvgIpc) is 2.53. The summed E-state index contributed by atoms with van der Waals surface area (Å²) in [6.07, 6.45) is 5.73. The minimum absolute atomic E-state index is 0.140. The Morgan fingerprint density at radius 3 is 2.85 bits per heavy atom. The summed E-state index contributed by atoms with van der Waals surface area (Å²) in [6, 6.07) is 3.72. The standard InChI is InChI=1S/C15H23N3O2/c1-20-14-8-12(6-7-17-14)10-18-15(19)13-4-2-11(9-16)3-5-13/h6-8,11,13H,2-5,9-10,16H2,1H3,(H,18,19). The number of methoxy groups -OCH3 is 1. The van der Waals surface area contributed by atoms with Crippen molar-refractivity contribution in [1.29, 1.82) is 0 Å². The lowest BCUT2D eigenvalue weighted by Crippen LogP contribution is -2.33. The quantitative estimate of drug-likeness (QED) is 0.854. The molecule has 110 valence electrons. The molecule has 3 N–H and O–H groups in total. The molecule has 1 aromatic rings. The SMILES string of the molecule is COc1cc(CNC(=O)C2CCC(CN)CC2)ccn1. The van der Waals surface area contributed by atoms with E-state index in [-0.39, 0.29) is 11.8 Å². The van der Waals surface area contributed by atoms with Crippen LogP contribution < -0.4 is 15.8 Å². The van der Waals surface area contributed by atoms with Crippen LogP contribution >= 0.6 is 0 Å². The summed E-state index contributed by atoms with van der Waals surface area (Å²) in [5.74, 6) is 1.46. The molecule has 1 aliphatic carbocycles. The van der Waals surface area contributed by atoms with E-state index in [9.17, 15) is 4.79 Å². The van der Waals surface area contributed by atoms with Crippen molar-refractivity contribution in [2.45, 2.75) is 32.2 Å². The second-order valence-electron chi connectivity index (χ2n) is 5.38. The van der Waals surface area contributed by atoms with Crippen molar-refractivity contribution in [1.82, 2.24) is 10.3 Å². The molecule has 2 rings (SSSR count). The molecule has 1 fully saturated rings. The van der Waals surface area contributed by atoms with E-state index < -0.39 is 0 Å². The Bertz CT molecular complexity index is 442. The number of nitrogens with one attached hydrogen (secondary N) is 1. The molecular weight excluding hydrogens is 254 g/mol. The lowest BCUT2D eigenvalue weighted by molar-refractivity contribution is -0.126. The Kier molecular flexibility index (Phi) is 5.35. The average molecular weight is 277 g/mol. The molecular formula is C15H23N3O2. The summed E-state index contributed by atoms with van der Waals surface area (Å²) in [6.45, 7) is 1.26. The number of aromatic nitrogens is 1. The van der Waals surface area contributed by atoms with Crippen LogP contribution in [0, 0.1) is 11.8 Å². The van der Waals surface area contributed by atoms with E-state index in [1.54, 1.807) is 13.3 Å². The summed E-state index contributed by atoms with van der Waals surface area (Å²) < 4.78 is 5.07. The van der Waals surface area contributed by atoms with E-state index in [2.05, 4.69) is 10.3 Å². The van der Waals surface area contributed by atoms with Gasteiger partial charge in [0.05, 0.1) is 7.11 Å². The molecule has 1 heterocycles. The van der Waals surface area contributed by atoms with E-state index in [0.717, 1.165) is 37.8 Å². The maximum Gasteiger partial charge on any atom is 0.223 e. The third-order valence-corrected chi connectivity index (χ3v) is 4.03. The van der Waals surface area contributed by atoms with E-state index in [4.69, 9.17) is 10.5 Å². The molecule has 0 aromatic carbocycles. The molecule has 5 nitrogen and oxygen atoms in total. The van der Waals surface area contributed by atoms with Crippen molar-refractivity contribution < 1.29 is 9.53 Å². The summed E-state index contributed by atoms with van der Waals surface area (Å²) in [5, 5.41) is 3.00. The van der Waals surface area contributed by atoms with E-state index >= 15 is 0 Å². The Hall–Kier alpha value is -1.62. The summed E-state index contributed by atoms with van der Waals surface area (Å²) >= 11 is 0. The molecule has 0 atom stereocenters. The maximum absolute atomic E-state index is 12.1. The van der Waals surface area contributed by atoms with Crippen molar-refractivity contribution in [3.8, 4) is 5.88 Å². The van der Waals surface area contributed by atoms with Gasteiger partial charge in [-0.25, -0.2) is 4.98 Å². The number of hydrogen-bond acceptors (Lipinski definition) is 4. The van der Waals surface area contributed by atoms with E-state index in [1.165, 1.54) is 0 Å². The first-order valence-electron chi connectivity index (χ1n) is 7.19. The lowest BCUT2D eigenvalue weighted by Gasteiger charge is -2.26. The molecule has 1 aliphatic rings. The first kappa shape index (κ1) is 14.8. The third-order valence-electron chi connectivity index (χ3n) is 4.03. The largest absolute Gasteiger partial charge is 0.481 e. The normalized spacial score (nSPS) is 22.3. The highest BCUT2D eigenvalue weighted by molar-refractivity contribution is 5.78. The van der Waals surface area contributed by atoms with Gasteiger partial charge < -0.3 is 15.8 Å². The van der Waals surface area contributed by atoms with Crippen LogP contribution in [0.4, 0.5) is 0 Å². The zero-order valence-electron chi connectivity index (χ0n) is 12.0. The number of ether oxygens (including phenoxy) is 1. The third kappa shape index (κ3) is 3.93. The highest BCUT2D eigenvalue weighted by atomic mass is 16.5. The van der Waals surface area contributed by atoms with Gasteiger partial charge in [-0.2, -0.15) is 0 Å². The smallest absolute Gasteiger partial charge is 0.223 e. The first-order chi connectivity index (χ1) is 9.72. The number of carbonyl (C=O) groups excluding carboxylic acids is 1. The Labute approximate surface area is 119 Å². The van der Waals surface area contributed by atoms with Gasteiger partial charge in [0.1, 0.15) is 0 Å². The lowest BCUT2D eigenvalue weighted by atomic mass is 9.81. The number of nitrogens with zero attached hydrogens (tertiary/aromatic N) is 1. The van der Waals surface area contributed by atoms with E-state index in [0.29, 0.717) is 18.3 Å². The fraction of sp³-hybridized carbons (Fsp3) is 0.600. The molecule has 5 heteroatoms. The van der Waals surface area contributed by atoms with Gasteiger partial charge >= 0.3 is 0 Å². The molecule has 20 heavy (non-hydrogen) atoms. The van der Waals surface area contributed by atoms with Crippen LogP contribution in [0.5, 0.6) is 5.88 Å². The monoisotopic (exact) mass is 277 g/mol. The zero-order chi connectivity index (χ0) is 14.4. The number of rotatable bonds is 5. The molecule has 0 spiro atoms. The van der Waals surface area contributed by atoms with Gasteiger partial charge in [-0.3, -0.25) is 4.79 Å². The molecule has 0 radical (unpaired) electrons. The van der Waals surface area contributed by atoms with Crippen LogP contribution in [0.2, 0.25) is 0 Å². The highest BCUT2D eigenvalue weighted by Gasteiger charge is 2.25. The van der Waals surface area contributed by atoms with Gasteiger partial charge in [-0.15, -0.1) is 0 Å². The number of amides is 1. The van der Waals surface area contributed by atoms with Crippen molar-refractivity contribution in [2.75, 3.05) is 13.7 Å². The fourth-order valence-corrected chi connectivity index (χ4v) is 2.67. The highest BCUT2D eigenvalue weighted by Crippen LogP contribution is 2.28. The zero-order valence-corrected chi connectivity index (χ0v) is 12.0. The molecule has 0 aliphatic heterocycles. The minimum Gasteiger partial charge on any atom is -0.481 e. The van der Waals surface area contributed by atoms with Crippen molar-refractivity contribution in [3.05, 3.63) is 23.9 Å². The molecule has 1 amide bonds. The van der Waals surface area contributed by atoms with Crippen molar-refractivity contribution in [2.24, 2.45) is 17.6 Å².